The van der Waals surface area contributed by atoms with Crippen LogP contribution in [0.4, 0.5) is 0 Å². The van der Waals surface area contributed by atoms with Crippen molar-refractivity contribution in [2.75, 3.05) is 7.11 Å². The highest BCUT2D eigenvalue weighted by Gasteiger charge is 2.10. The highest BCUT2D eigenvalue weighted by molar-refractivity contribution is 7.73. The summed E-state index contributed by atoms with van der Waals surface area (Å²) in [6.45, 7) is 0. The Morgan fingerprint density at radius 1 is 1.45 bits per heavy atom. The first kappa shape index (κ1) is 12.9. The molecule has 0 radical (unpaired) electrons. The monoisotopic (exact) mass is 306 g/mol. The predicted octanol–water partition coefficient (Wildman–Crippen LogP) is 1.81. The minimum absolute atomic E-state index is 0.231. The summed E-state index contributed by atoms with van der Waals surface area (Å²) < 4.78 is 6.98. The average Bonchev–Trinajstić information content (AvgIpc) is 2.84. The lowest BCUT2D eigenvalue weighted by Gasteiger charge is -2.03. The molecule has 0 saturated heterocycles. The van der Waals surface area contributed by atoms with Crippen molar-refractivity contribution < 1.29 is 4.74 Å². The molecule has 0 saturated carbocycles. The second kappa shape index (κ2) is 5.14. The van der Waals surface area contributed by atoms with Crippen LogP contribution in [0.2, 0.25) is 0 Å². The zero-order valence-electron chi connectivity index (χ0n) is 10.5. The van der Waals surface area contributed by atoms with Crippen molar-refractivity contribution in [2.45, 2.75) is 6.42 Å². The van der Waals surface area contributed by atoms with Crippen LogP contribution in [0.15, 0.2) is 29.1 Å². The van der Waals surface area contributed by atoms with Gasteiger partial charge in [0.1, 0.15) is 11.4 Å². The molecule has 0 unspecified atom stereocenters. The Hall–Kier alpha value is -2.06. The van der Waals surface area contributed by atoms with Gasteiger partial charge in [-0.05, 0) is 29.9 Å². The average molecular weight is 306 g/mol. The molecule has 3 rings (SSSR count). The molecule has 2 heterocycles. The number of aromatic amines is 1. The van der Waals surface area contributed by atoms with Gasteiger partial charge in [0.2, 0.25) is 4.96 Å². The van der Waals surface area contributed by atoms with Crippen LogP contribution in [0.1, 0.15) is 11.3 Å². The molecule has 0 fully saturated rings. The van der Waals surface area contributed by atoms with Crippen molar-refractivity contribution in [1.82, 2.24) is 19.8 Å². The summed E-state index contributed by atoms with van der Waals surface area (Å²) in [5, 5.41) is 10.8. The number of ether oxygens (including phenoxy) is 1. The minimum atomic E-state index is -0.231. The lowest BCUT2D eigenvalue weighted by Crippen LogP contribution is -2.22. The van der Waals surface area contributed by atoms with Crippen LogP contribution in [0.5, 0.6) is 5.75 Å². The predicted molar refractivity (Wildman–Crippen MR) is 78.1 cm³/mol. The molecule has 0 bridgehead atoms. The maximum Gasteiger partial charge on any atom is 0.295 e. The number of hydrogen-bond acceptors (Lipinski definition) is 6. The van der Waals surface area contributed by atoms with Crippen LogP contribution in [0.25, 0.3) is 4.96 Å². The molecule has 20 heavy (non-hydrogen) atoms. The van der Waals surface area contributed by atoms with Crippen molar-refractivity contribution in [3.8, 4) is 5.75 Å². The van der Waals surface area contributed by atoms with Crippen molar-refractivity contribution >= 4 is 28.5 Å². The first-order valence-electron chi connectivity index (χ1n) is 5.78. The van der Waals surface area contributed by atoms with E-state index in [1.807, 2.05) is 24.3 Å². The van der Waals surface area contributed by atoms with E-state index in [0.717, 1.165) is 11.3 Å². The third kappa shape index (κ3) is 2.35. The molecule has 0 aliphatic carbocycles. The van der Waals surface area contributed by atoms with E-state index in [1.165, 1.54) is 15.9 Å². The number of fused-ring (bicyclic) bond motifs is 1. The van der Waals surface area contributed by atoms with Gasteiger partial charge in [-0.3, -0.25) is 9.89 Å². The third-order valence-corrected chi connectivity index (χ3v) is 3.86. The molecule has 0 amide bonds. The van der Waals surface area contributed by atoms with Crippen molar-refractivity contribution in [3.05, 3.63) is 49.8 Å². The van der Waals surface area contributed by atoms with E-state index in [0.29, 0.717) is 21.0 Å². The molecule has 8 heteroatoms. The summed E-state index contributed by atoms with van der Waals surface area (Å²) in [5.74, 6) is 0.742. The van der Waals surface area contributed by atoms with Gasteiger partial charge < -0.3 is 4.74 Å². The Morgan fingerprint density at radius 3 is 3.10 bits per heavy atom. The van der Waals surface area contributed by atoms with E-state index < -0.39 is 0 Å². The van der Waals surface area contributed by atoms with E-state index >= 15 is 0 Å². The van der Waals surface area contributed by atoms with Crippen LogP contribution < -0.4 is 10.3 Å². The number of methoxy groups -OCH3 is 1. The van der Waals surface area contributed by atoms with Gasteiger partial charge in [-0.15, -0.1) is 10.2 Å². The number of hydrogen-bond donors (Lipinski definition) is 1. The molecule has 0 atom stereocenters. The second-order valence-corrected chi connectivity index (χ2v) is 5.74. The summed E-state index contributed by atoms with van der Waals surface area (Å²) in [6, 6.07) is 7.50. The smallest absolute Gasteiger partial charge is 0.295 e. The van der Waals surface area contributed by atoms with Crippen LogP contribution >= 0.6 is 23.6 Å². The van der Waals surface area contributed by atoms with E-state index in [-0.39, 0.29) is 5.56 Å². The number of aromatic nitrogens is 4. The zero-order valence-corrected chi connectivity index (χ0v) is 12.1. The summed E-state index contributed by atoms with van der Waals surface area (Å²) in [4.78, 5) is 12.7. The summed E-state index contributed by atoms with van der Waals surface area (Å²) in [7, 11) is 1.60. The molecule has 0 spiro atoms. The molecule has 1 N–H and O–H groups in total. The topological polar surface area (TPSA) is 72.3 Å². The largest absolute Gasteiger partial charge is 0.497 e. The van der Waals surface area contributed by atoms with Crippen molar-refractivity contribution in [2.24, 2.45) is 0 Å². The molecule has 0 aliphatic rings. The highest BCUT2D eigenvalue weighted by atomic mass is 32.1. The van der Waals surface area contributed by atoms with E-state index in [9.17, 15) is 4.79 Å². The number of H-pyrrole nitrogens is 1. The second-order valence-electron chi connectivity index (χ2n) is 4.10. The number of nitrogens with one attached hydrogen (secondary N) is 1. The molecule has 3 aromatic rings. The maximum atomic E-state index is 12.3. The zero-order chi connectivity index (χ0) is 14.1. The highest BCUT2D eigenvalue weighted by Crippen LogP contribution is 2.14. The Kier molecular flexibility index (Phi) is 3.33. The van der Waals surface area contributed by atoms with Gasteiger partial charge in [-0.25, -0.2) is 0 Å². The Balaban J connectivity index is 2.04. The first-order chi connectivity index (χ1) is 9.67. The normalized spacial score (nSPS) is 10.8. The maximum absolute atomic E-state index is 12.3. The van der Waals surface area contributed by atoms with Gasteiger partial charge in [0.25, 0.3) is 5.56 Å². The standard InChI is InChI=1S/C12H10N4O2S2/c1-18-8-4-2-3-7(5-8)6-9-10(17)16-11(14-13-9)20-12(19)15-16/h2-5H,6H2,1H3,(H,15,19). The van der Waals surface area contributed by atoms with Gasteiger partial charge in [0.05, 0.1) is 7.11 Å². The fourth-order valence-electron chi connectivity index (χ4n) is 1.85. The van der Waals surface area contributed by atoms with Crippen molar-refractivity contribution in [1.29, 1.82) is 0 Å². The molecule has 1 aromatic carbocycles. The van der Waals surface area contributed by atoms with E-state index in [2.05, 4.69) is 15.3 Å². The van der Waals surface area contributed by atoms with Crippen LogP contribution in [0, 0.1) is 3.95 Å². The molecule has 102 valence electrons. The lowest BCUT2D eigenvalue weighted by molar-refractivity contribution is 0.414. The molecule has 2 aromatic heterocycles. The fourth-order valence-corrected chi connectivity index (χ4v) is 2.77. The number of rotatable bonds is 3. The quantitative estimate of drug-likeness (QED) is 0.747. The molecule has 0 aliphatic heterocycles. The van der Waals surface area contributed by atoms with Crippen LogP contribution in [-0.2, 0) is 6.42 Å². The van der Waals surface area contributed by atoms with E-state index in [4.69, 9.17) is 17.0 Å². The lowest BCUT2D eigenvalue weighted by atomic mass is 10.1. The van der Waals surface area contributed by atoms with E-state index in [1.54, 1.807) is 7.11 Å². The molecular weight excluding hydrogens is 296 g/mol. The minimum Gasteiger partial charge on any atom is -0.497 e. The number of benzene rings is 1. The molecular formula is C12H10N4O2S2. The summed E-state index contributed by atoms with van der Waals surface area (Å²) >= 11 is 6.21. The van der Waals surface area contributed by atoms with Gasteiger partial charge in [-0.1, -0.05) is 23.5 Å². The van der Waals surface area contributed by atoms with Gasteiger partial charge in [-0.2, -0.15) is 4.52 Å². The Morgan fingerprint density at radius 2 is 2.30 bits per heavy atom. The Bertz CT molecular complexity index is 881. The summed E-state index contributed by atoms with van der Waals surface area (Å²) in [6.07, 6.45) is 0.391. The van der Waals surface area contributed by atoms with Gasteiger partial charge >= 0.3 is 0 Å². The first-order valence-corrected chi connectivity index (χ1v) is 7.00. The van der Waals surface area contributed by atoms with Crippen LogP contribution in [-0.4, -0.2) is 26.9 Å². The summed E-state index contributed by atoms with van der Waals surface area (Å²) in [5.41, 5.74) is 1.06. The van der Waals surface area contributed by atoms with Gasteiger partial charge in [0, 0.05) is 6.42 Å². The van der Waals surface area contributed by atoms with Crippen LogP contribution in [0.3, 0.4) is 0 Å². The fraction of sp³-hybridized carbons (Fsp3) is 0.167. The SMILES string of the molecule is COc1cccc(Cc2nnc3sc(=S)[nH]n3c2=O)c1. The third-order valence-electron chi connectivity index (χ3n) is 2.79. The Labute approximate surface area is 122 Å². The number of nitrogens with zero attached hydrogens (tertiary/aromatic N) is 3. The molecule has 6 nitrogen and oxygen atoms in total. The van der Waals surface area contributed by atoms with Crippen molar-refractivity contribution in [3.63, 3.8) is 0 Å². The van der Waals surface area contributed by atoms with Gasteiger partial charge in [0.15, 0.2) is 3.95 Å².